The van der Waals surface area contributed by atoms with Crippen LogP contribution in [0.25, 0.3) is 0 Å². The highest BCUT2D eigenvalue weighted by Crippen LogP contribution is 2.18. The van der Waals surface area contributed by atoms with Crippen molar-refractivity contribution in [1.82, 2.24) is 5.32 Å². The minimum absolute atomic E-state index is 0.155. The lowest BCUT2D eigenvalue weighted by Crippen LogP contribution is -2.44. The van der Waals surface area contributed by atoms with Gasteiger partial charge in [-0.2, -0.15) is 0 Å². The number of aliphatic hydroxyl groups excluding tert-OH is 1. The summed E-state index contributed by atoms with van der Waals surface area (Å²) in [6.07, 6.45) is 3.95. The average Bonchev–Trinajstić information content (AvgIpc) is 2.29. The Kier molecular flexibility index (Phi) is 4.59. The van der Waals surface area contributed by atoms with Gasteiger partial charge in [0.25, 0.3) is 0 Å². The van der Waals surface area contributed by atoms with Crippen LogP contribution in [0.1, 0.15) is 52.9 Å². The zero-order valence-corrected chi connectivity index (χ0v) is 10.5. The fraction of sp³-hybridized carbons (Fsp3) is 0.917. The van der Waals surface area contributed by atoms with Crippen LogP contribution in [0.4, 0.5) is 4.79 Å². The normalized spacial score (nSPS) is 27.0. The molecule has 0 bridgehead atoms. The third kappa shape index (κ3) is 4.84. The molecule has 0 radical (unpaired) electrons. The summed E-state index contributed by atoms with van der Waals surface area (Å²) in [5.41, 5.74) is -0.486. The number of carbonyl (C=O) groups is 1. The van der Waals surface area contributed by atoms with Crippen molar-refractivity contribution < 1.29 is 14.6 Å². The highest BCUT2D eigenvalue weighted by atomic mass is 16.6. The van der Waals surface area contributed by atoms with E-state index >= 15 is 0 Å². The van der Waals surface area contributed by atoms with Crippen LogP contribution in [-0.4, -0.2) is 28.9 Å². The third-order valence-electron chi connectivity index (χ3n) is 2.68. The van der Waals surface area contributed by atoms with E-state index in [-0.39, 0.29) is 6.04 Å². The summed E-state index contributed by atoms with van der Waals surface area (Å²) < 4.78 is 5.17. The largest absolute Gasteiger partial charge is 0.444 e. The molecule has 0 aromatic rings. The van der Waals surface area contributed by atoms with E-state index in [0.717, 1.165) is 32.1 Å². The number of amides is 1. The van der Waals surface area contributed by atoms with E-state index in [1.165, 1.54) is 0 Å². The Hall–Kier alpha value is -0.770. The van der Waals surface area contributed by atoms with E-state index in [1.54, 1.807) is 0 Å². The van der Waals surface area contributed by atoms with Crippen LogP contribution in [0.15, 0.2) is 0 Å². The smallest absolute Gasteiger partial charge is 0.407 e. The van der Waals surface area contributed by atoms with Crippen LogP contribution in [-0.2, 0) is 4.74 Å². The van der Waals surface area contributed by atoms with Gasteiger partial charge in [0, 0.05) is 0 Å². The number of nitrogens with one attached hydrogen (secondary N) is 1. The minimum atomic E-state index is -0.486. The van der Waals surface area contributed by atoms with Gasteiger partial charge in [0.15, 0.2) is 0 Å². The van der Waals surface area contributed by atoms with E-state index in [2.05, 4.69) is 5.32 Å². The lowest BCUT2D eigenvalue weighted by atomic mass is 10.1. The summed E-state index contributed by atoms with van der Waals surface area (Å²) in [4.78, 5) is 11.5. The van der Waals surface area contributed by atoms with Crippen molar-refractivity contribution in [3.05, 3.63) is 0 Å². The SMILES string of the molecule is CC(C)(C)OC(=O)N[C@@H]1CCCCC[C@@H]1O. The van der Waals surface area contributed by atoms with Crippen molar-refractivity contribution in [2.24, 2.45) is 0 Å². The van der Waals surface area contributed by atoms with Crippen molar-refractivity contribution in [3.63, 3.8) is 0 Å². The maximum atomic E-state index is 11.5. The van der Waals surface area contributed by atoms with E-state index in [9.17, 15) is 9.90 Å². The molecule has 1 amide bonds. The third-order valence-corrected chi connectivity index (χ3v) is 2.68. The zero-order valence-electron chi connectivity index (χ0n) is 10.5. The van der Waals surface area contributed by atoms with Crippen molar-refractivity contribution in [2.45, 2.75) is 70.6 Å². The van der Waals surface area contributed by atoms with Gasteiger partial charge in [-0.1, -0.05) is 19.3 Å². The van der Waals surface area contributed by atoms with Crippen molar-refractivity contribution in [2.75, 3.05) is 0 Å². The number of rotatable bonds is 1. The first-order valence-electron chi connectivity index (χ1n) is 6.06. The first-order valence-corrected chi connectivity index (χ1v) is 6.06. The number of hydrogen-bond acceptors (Lipinski definition) is 3. The monoisotopic (exact) mass is 229 g/mol. The molecule has 1 aliphatic rings. The zero-order chi connectivity index (χ0) is 12.2. The molecule has 1 aliphatic carbocycles. The molecule has 0 heterocycles. The number of alkyl carbamates (subject to hydrolysis) is 1. The van der Waals surface area contributed by atoms with Gasteiger partial charge in [0.1, 0.15) is 5.60 Å². The van der Waals surface area contributed by atoms with Crippen molar-refractivity contribution >= 4 is 6.09 Å². The molecule has 2 atom stereocenters. The molecule has 1 saturated carbocycles. The lowest BCUT2D eigenvalue weighted by Gasteiger charge is -2.25. The summed E-state index contributed by atoms with van der Waals surface area (Å²) in [5, 5.41) is 12.6. The maximum absolute atomic E-state index is 11.5. The summed E-state index contributed by atoms with van der Waals surface area (Å²) in [6.45, 7) is 5.49. The van der Waals surface area contributed by atoms with E-state index in [4.69, 9.17) is 4.74 Å². The van der Waals surface area contributed by atoms with Gasteiger partial charge >= 0.3 is 6.09 Å². The molecule has 2 N–H and O–H groups in total. The topological polar surface area (TPSA) is 58.6 Å². The van der Waals surface area contributed by atoms with Gasteiger partial charge in [-0.3, -0.25) is 0 Å². The highest BCUT2D eigenvalue weighted by Gasteiger charge is 2.25. The van der Waals surface area contributed by atoms with Crippen LogP contribution in [0.2, 0.25) is 0 Å². The molecule has 1 fully saturated rings. The Morgan fingerprint density at radius 1 is 1.25 bits per heavy atom. The fourth-order valence-corrected chi connectivity index (χ4v) is 1.92. The number of ether oxygens (including phenoxy) is 1. The molecule has 0 aliphatic heterocycles. The number of carbonyl (C=O) groups excluding carboxylic acids is 1. The van der Waals surface area contributed by atoms with Crippen LogP contribution in [0.3, 0.4) is 0 Å². The lowest BCUT2D eigenvalue weighted by molar-refractivity contribution is 0.0415. The molecular weight excluding hydrogens is 206 g/mol. The van der Waals surface area contributed by atoms with E-state index in [1.807, 2.05) is 20.8 Å². The molecule has 0 aromatic carbocycles. The maximum Gasteiger partial charge on any atom is 0.407 e. The van der Waals surface area contributed by atoms with Gasteiger partial charge in [-0.15, -0.1) is 0 Å². The first kappa shape index (κ1) is 13.3. The Morgan fingerprint density at radius 2 is 1.88 bits per heavy atom. The second-order valence-corrected chi connectivity index (χ2v) is 5.46. The highest BCUT2D eigenvalue weighted by molar-refractivity contribution is 5.68. The quantitative estimate of drug-likeness (QED) is 0.678. The molecule has 0 saturated heterocycles. The molecule has 94 valence electrons. The van der Waals surface area contributed by atoms with E-state index < -0.39 is 17.8 Å². The second-order valence-electron chi connectivity index (χ2n) is 5.46. The van der Waals surface area contributed by atoms with Gasteiger partial charge in [0.2, 0.25) is 0 Å². The minimum Gasteiger partial charge on any atom is -0.444 e. The number of aliphatic hydroxyl groups is 1. The first-order chi connectivity index (χ1) is 7.38. The molecule has 0 spiro atoms. The van der Waals surface area contributed by atoms with Crippen molar-refractivity contribution in [3.8, 4) is 0 Å². The standard InChI is InChI=1S/C12H23NO3/c1-12(2,3)16-11(15)13-9-7-5-4-6-8-10(9)14/h9-10,14H,4-8H2,1-3H3,(H,13,15)/t9-,10+/m1/s1. The Bertz CT molecular complexity index is 235. The van der Waals surface area contributed by atoms with Crippen LogP contribution >= 0.6 is 0 Å². The Morgan fingerprint density at radius 3 is 2.50 bits per heavy atom. The second kappa shape index (κ2) is 5.53. The van der Waals surface area contributed by atoms with Gasteiger partial charge in [0.05, 0.1) is 12.1 Å². The predicted molar refractivity (Wildman–Crippen MR) is 62.2 cm³/mol. The molecule has 0 aromatic heterocycles. The fourth-order valence-electron chi connectivity index (χ4n) is 1.92. The molecule has 1 rings (SSSR count). The molecular formula is C12H23NO3. The summed E-state index contributed by atoms with van der Waals surface area (Å²) >= 11 is 0. The van der Waals surface area contributed by atoms with Gasteiger partial charge in [-0.25, -0.2) is 4.79 Å². The van der Waals surface area contributed by atoms with E-state index in [0.29, 0.717) is 0 Å². The number of hydrogen-bond donors (Lipinski definition) is 2. The summed E-state index contributed by atoms with van der Waals surface area (Å²) in [6, 6.07) is -0.155. The Labute approximate surface area is 97.4 Å². The molecule has 4 heteroatoms. The van der Waals surface area contributed by atoms with Crippen LogP contribution in [0.5, 0.6) is 0 Å². The molecule has 4 nitrogen and oxygen atoms in total. The van der Waals surface area contributed by atoms with Crippen LogP contribution < -0.4 is 5.32 Å². The summed E-state index contributed by atoms with van der Waals surface area (Å²) in [7, 11) is 0. The van der Waals surface area contributed by atoms with Crippen LogP contribution in [0, 0.1) is 0 Å². The van der Waals surface area contributed by atoms with Crippen molar-refractivity contribution in [1.29, 1.82) is 0 Å². The molecule has 16 heavy (non-hydrogen) atoms. The van der Waals surface area contributed by atoms with Gasteiger partial charge in [-0.05, 0) is 33.6 Å². The summed E-state index contributed by atoms with van der Waals surface area (Å²) in [5.74, 6) is 0. The average molecular weight is 229 g/mol. The predicted octanol–water partition coefficient (Wildman–Crippen LogP) is 2.20. The molecule has 0 unspecified atom stereocenters. The van der Waals surface area contributed by atoms with Gasteiger partial charge < -0.3 is 15.2 Å². The Balaban J connectivity index is 2.42.